The molecular formula is C17H18FN3O4. The number of nitrogens with zero attached hydrogens (tertiary/aromatic N) is 1. The summed E-state index contributed by atoms with van der Waals surface area (Å²) in [6.07, 6.45) is -0.753. The number of nitrogens with one attached hydrogen (secondary N) is 2. The molecule has 2 aromatic rings. The largest absolute Gasteiger partial charge is 0.481 e. The van der Waals surface area contributed by atoms with E-state index in [1.807, 2.05) is 0 Å². The molecule has 0 radical (unpaired) electrons. The van der Waals surface area contributed by atoms with E-state index in [2.05, 4.69) is 10.6 Å². The summed E-state index contributed by atoms with van der Waals surface area (Å²) in [4.78, 5) is 22.4. The highest BCUT2D eigenvalue weighted by atomic mass is 19.1. The van der Waals surface area contributed by atoms with Crippen molar-refractivity contribution in [3.8, 4) is 5.75 Å². The van der Waals surface area contributed by atoms with Crippen molar-refractivity contribution in [1.82, 2.24) is 5.32 Å². The summed E-state index contributed by atoms with van der Waals surface area (Å²) in [5, 5.41) is 16.5. The van der Waals surface area contributed by atoms with Crippen LogP contribution in [0.5, 0.6) is 5.75 Å². The minimum atomic E-state index is -0.753. The molecule has 0 aliphatic carbocycles. The molecule has 0 saturated heterocycles. The molecule has 0 bridgehead atoms. The van der Waals surface area contributed by atoms with Gasteiger partial charge in [-0.05, 0) is 37.3 Å². The van der Waals surface area contributed by atoms with Crippen LogP contribution in [-0.4, -0.2) is 30.0 Å². The molecule has 7 nitrogen and oxygen atoms in total. The van der Waals surface area contributed by atoms with Crippen LogP contribution in [0.25, 0.3) is 0 Å². The molecule has 25 heavy (non-hydrogen) atoms. The van der Waals surface area contributed by atoms with Crippen LogP contribution in [-0.2, 0) is 4.79 Å². The number of hydrogen-bond donors (Lipinski definition) is 2. The van der Waals surface area contributed by atoms with Gasteiger partial charge in [-0.1, -0.05) is 12.1 Å². The van der Waals surface area contributed by atoms with Crippen molar-refractivity contribution in [2.45, 2.75) is 13.0 Å². The zero-order valence-electron chi connectivity index (χ0n) is 13.6. The first kappa shape index (κ1) is 18.2. The number of rotatable bonds is 8. The number of ether oxygens (including phenoxy) is 1. The van der Waals surface area contributed by atoms with Gasteiger partial charge in [0.15, 0.2) is 6.10 Å². The quantitative estimate of drug-likeness (QED) is 0.435. The topological polar surface area (TPSA) is 93.5 Å². The van der Waals surface area contributed by atoms with Gasteiger partial charge in [-0.25, -0.2) is 4.39 Å². The first-order chi connectivity index (χ1) is 12.0. The maximum absolute atomic E-state index is 12.8. The average Bonchev–Trinajstić information content (AvgIpc) is 2.60. The highest BCUT2D eigenvalue weighted by molar-refractivity contribution is 5.80. The van der Waals surface area contributed by atoms with Crippen LogP contribution in [0.2, 0.25) is 0 Å². The minimum Gasteiger partial charge on any atom is -0.481 e. The van der Waals surface area contributed by atoms with E-state index in [0.717, 1.165) is 0 Å². The van der Waals surface area contributed by atoms with E-state index in [-0.39, 0.29) is 24.0 Å². The van der Waals surface area contributed by atoms with Crippen molar-refractivity contribution in [2.24, 2.45) is 0 Å². The van der Waals surface area contributed by atoms with Gasteiger partial charge in [0.05, 0.1) is 4.92 Å². The summed E-state index contributed by atoms with van der Waals surface area (Å²) in [5.41, 5.74) is 0.360. The smallest absolute Gasteiger partial charge is 0.292 e. The first-order valence-corrected chi connectivity index (χ1v) is 7.64. The molecule has 0 aliphatic heterocycles. The lowest BCUT2D eigenvalue weighted by Gasteiger charge is -2.15. The molecule has 2 N–H and O–H groups in total. The Balaban J connectivity index is 1.76. The lowest BCUT2D eigenvalue weighted by atomic mass is 10.2. The Morgan fingerprint density at radius 3 is 2.56 bits per heavy atom. The third-order valence-electron chi connectivity index (χ3n) is 3.34. The van der Waals surface area contributed by atoms with Gasteiger partial charge in [-0.2, -0.15) is 0 Å². The molecule has 0 unspecified atom stereocenters. The van der Waals surface area contributed by atoms with Crippen LogP contribution < -0.4 is 15.4 Å². The van der Waals surface area contributed by atoms with Crippen molar-refractivity contribution >= 4 is 17.3 Å². The number of nitro groups is 1. The van der Waals surface area contributed by atoms with Gasteiger partial charge in [0.2, 0.25) is 0 Å². The number of para-hydroxylation sites is 2. The molecule has 132 valence electrons. The number of carbonyl (C=O) groups excluding carboxylic acids is 1. The number of anilines is 1. The zero-order valence-corrected chi connectivity index (χ0v) is 13.6. The number of halogens is 1. The summed E-state index contributed by atoms with van der Waals surface area (Å²) in [6, 6.07) is 11.6. The Hall–Kier alpha value is -3.16. The highest BCUT2D eigenvalue weighted by Gasteiger charge is 2.15. The van der Waals surface area contributed by atoms with Crippen LogP contribution in [0.4, 0.5) is 15.8 Å². The molecular weight excluding hydrogens is 329 g/mol. The Labute approximate surface area is 144 Å². The molecule has 0 aliphatic rings. The fourth-order valence-electron chi connectivity index (χ4n) is 2.08. The second kappa shape index (κ2) is 8.62. The maximum atomic E-state index is 12.8. The summed E-state index contributed by atoms with van der Waals surface area (Å²) in [5.74, 6) is -0.332. The third-order valence-corrected chi connectivity index (χ3v) is 3.34. The van der Waals surface area contributed by atoms with Gasteiger partial charge in [-0.3, -0.25) is 14.9 Å². The molecule has 8 heteroatoms. The predicted molar refractivity (Wildman–Crippen MR) is 91.1 cm³/mol. The van der Waals surface area contributed by atoms with E-state index < -0.39 is 11.0 Å². The summed E-state index contributed by atoms with van der Waals surface area (Å²) in [7, 11) is 0. The number of benzene rings is 2. The lowest BCUT2D eigenvalue weighted by molar-refractivity contribution is -0.384. The molecule has 0 aromatic heterocycles. The van der Waals surface area contributed by atoms with Crippen LogP contribution >= 0.6 is 0 Å². The predicted octanol–water partition coefficient (Wildman–Crippen LogP) is 2.73. The monoisotopic (exact) mass is 347 g/mol. The van der Waals surface area contributed by atoms with Gasteiger partial charge < -0.3 is 15.4 Å². The molecule has 0 fully saturated rings. The first-order valence-electron chi connectivity index (χ1n) is 7.64. The summed E-state index contributed by atoms with van der Waals surface area (Å²) in [6.45, 7) is 2.16. The fourth-order valence-corrected chi connectivity index (χ4v) is 2.08. The van der Waals surface area contributed by atoms with Crippen LogP contribution in [0.3, 0.4) is 0 Å². The van der Waals surface area contributed by atoms with Crippen LogP contribution in [0.15, 0.2) is 48.5 Å². The van der Waals surface area contributed by atoms with Gasteiger partial charge >= 0.3 is 0 Å². The van der Waals surface area contributed by atoms with E-state index in [9.17, 15) is 19.3 Å². The molecule has 2 aromatic carbocycles. The SMILES string of the molecule is C[C@@H](Oc1ccc(F)cc1)C(=O)NCCNc1ccccc1[N+](=O)[O-]. The minimum absolute atomic E-state index is 0.0261. The maximum Gasteiger partial charge on any atom is 0.292 e. The molecule has 1 atom stereocenters. The third kappa shape index (κ3) is 5.45. The fraction of sp³-hybridized carbons (Fsp3) is 0.235. The van der Waals surface area contributed by atoms with E-state index in [4.69, 9.17) is 4.74 Å². The normalized spacial score (nSPS) is 11.4. The Bertz CT molecular complexity index is 737. The summed E-state index contributed by atoms with van der Waals surface area (Å²) >= 11 is 0. The Morgan fingerprint density at radius 1 is 1.20 bits per heavy atom. The number of carbonyl (C=O) groups is 1. The van der Waals surface area contributed by atoms with Crippen molar-refractivity contribution < 1.29 is 18.8 Å². The van der Waals surface area contributed by atoms with Crippen molar-refractivity contribution in [2.75, 3.05) is 18.4 Å². The van der Waals surface area contributed by atoms with E-state index in [1.165, 1.54) is 30.3 Å². The lowest BCUT2D eigenvalue weighted by Crippen LogP contribution is -2.38. The Morgan fingerprint density at radius 2 is 1.88 bits per heavy atom. The number of amides is 1. The van der Waals surface area contributed by atoms with Crippen molar-refractivity contribution in [1.29, 1.82) is 0 Å². The van der Waals surface area contributed by atoms with Crippen LogP contribution in [0, 0.1) is 15.9 Å². The number of hydrogen-bond acceptors (Lipinski definition) is 5. The van der Waals surface area contributed by atoms with Gasteiger partial charge in [0, 0.05) is 19.2 Å². The molecule has 1 amide bonds. The molecule has 0 saturated carbocycles. The van der Waals surface area contributed by atoms with Crippen molar-refractivity contribution in [3.05, 3.63) is 64.5 Å². The van der Waals surface area contributed by atoms with E-state index >= 15 is 0 Å². The van der Waals surface area contributed by atoms with Crippen LogP contribution in [0.1, 0.15) is 6.92 Å². The van der Waals surface area contributed by atoms with Gasteiger partial charge in [0.1, 0.15) is 17.3 Å². The average molecular weight is 347 g/mol. The molecule has 0 heterocycles. The van der Waals surface area contributed by atoms with Gasteiger partial charge in [-0.15, -0.1) is 0 Å². The van der Waals surface area contributed by atoms with E-state index in [0.29, 0.717) is 18.0 Å². The van der Waals surface area contributed by atoms with E-state index in [1.54, 1.807) is 25.1 Å². The highest BCUT2D eigenvalue weighted by Crippen LogP contribution is 2.22. The second-order valence-corrected chi connectivity index (χ2v) is 5.21. The number of nitro benzene ring substituents is 1. The standard InChI is InChI=1S/C17H18FN3O4/c1-12(25-14-8-6-13(18)7-9-14)17(22)20-11-10-19-15-4-2-3-5-16(15)21(23)24/h2-9,12,19H,10-11H2,1H3,(H,20,22)/t12-/m1/s1. The summed E-state index contributed by atoms with van der Waals surface area (Å²) < 4.78 is 18.2. The zero-order chi connectivity index (χ0) is 18.2. The van der Waals surface area contributed by atoms with Gasteiger partial charge in [0.25, 0.3) is 11.6 Å². The molecule has 2 rings (SSSR count). The second-order valence-electron chi connectivity index (χ2n) is 5.21. The molecule has 0 spiro atoms. The Kier molecular flexibility index (Phi) is 6.27. The van der Waals surface area contributed by atoms with Crippen molar-refractivity contribution in [3.63, 3.8) is 0 Å².